The van der Waals surface area contributed by atoms with Crippen molar-refractivity contribution in [3.8, 4) is 0 Å². The Morgan fingerprint density at radius 3 is 2.20 bits per heavy atom. The molecule has 0 saturated heterocycles. The summed E-state index contributed by atoms with van der Waals surface area (Å²) < 4.78 is 0. The Balaban J connectivity index is 1.90. The molecule has 25 heavy (non-hydrogen) atoms. The minimum absolute atomic E-state index is 0.0497. The van der Waals surface area contributed by atoms with Crippen molar-refractivity contribution >= 4 is 11.9 Å². The van der Waals surface area contributed by atoms with Crippen LogP contribution in [-0.4, -0.2) is 25.5 Å². The fraction of sp³-hybridized carbons (Fsp3) is 0.300. The second kappa shape index (κ2) is 9.47. The highest BCUT2D eigenvalue weighted by Gasteiger charge is 2.05. The number of aliphatic imine (C=N–C) groups is 1. The van der Waals surface area contributed by atoms with Crippen LogP contribution in [0.2, 0.25) is 0 Å². The lowest BCUT2D eigenvalue weighted by Crippen LogP contribution is -2.36. The van der Waals surface area contributed by atoms with Gasteiger partial charge in [0.2, 0.25) is 0 Å². The number of nitrogens with zero attached hydrogens (tertiary/aromatic N) is 1. The van der Waals surface area contributed by atoms with Crippen LogP contribution < -0.4 is 16.0 Å². The van der Waals surface area contributed by atoms with Gasteiger partial charge in [-0.25, -0.2) is 0 Å². The first-order chi connectivity index (χ1) is 12.1. The lowest BCUT2D eigenvalue weighted by molar-refractivity contribution is 0.0955. The van der Waals surface area contributed by atoms with Gasteiger partial charge < -0.3 is 16.0 Å². The van der Waals surface area contributed by atoms with Gasteiger partial charge in [-0.3, -0.25) is 9.79 Å². The van der Waals surface area contributed by atoms with Gasteiger partial charge in [0.15, 0.2) is 5.96 Å². The normalized spacial score (nSPS) is 11.1. The maximum absolute atomic E-state index is 11.9. The van der Waals surface area contributed by atoms with E-state index in [4.69, 9.17) is 0 Å². The van der Waals surface area contributed by atoms with Crippen LogP contribution >= 0.6 is 0 Å². The number of carbonyl (C=O) groups is 1. The zero-order chi connectivity index (χ0) is 18.1. The van der Waals surface area contributed by atoms with E-state index >= 15 is 0 Å². The molecule has 1 amide bonds. The number of carbonyl (C=O) groups excluding carboxylic acids is 1. The molecule has 0 aliphatic carbocycles. The highest BCUT2D eigenvalue weighted by molar-refractivity contribution is 5.94. The van der Waals surface area contributed by atoms with E-state index in [1.807, 2.05) is 31.2 Å². The number of aryl methyl sites for hydroxylation is 1. The van der Waals surface area contributed by atoms with Crippen LogP contribution in [0, 0.1) is 6.92 Å². The van der Waals surface area contributed by atoms with E-state index in [2.05, 4.69) is 52.1 Å². The largest absolute Gasteiger partial charge is 0.352 e. The Kier molecular flexibility index (Phi) is 7.01. The highest BCUT2D eigenvalue weighted by atomic mass is 16.1. The summed E-state index contributed by atoms with van der Waals surface area (Å²) in [4.78, 5) is 16.2. The summed E-state index contributed by atoms with van der Waals surface area (Å²) in [5.41, 5.74) is 4.15. The molecule has 0 radical (unpaired) electrons. The minimum Gasteiger partial charge on any atom is -0.352 e. The molecular weight excluding hydrogens is 312 g/mol. The third-order valence-corrected chi connectivity index (χ3v) is 3.75. The van der Waals surface area contributed by atoms with Crippen LogP contribution in [0.1, 0.15) is 34.0 Å². The summed E-state index contributed by atoms with van der Waals surface area (Å²) >= 11 is 0. The molecular formula is C20H26N4O. The van der Waals surface area contributed by atoms with Crippen LogP contribution in [0.3, 0.4) is 0 Å². The van der Waals surface area contributed by atoms with Crippen LogP contribution in [0.15, 0.2) is 53.5 Å². The van der Waals surface area contributed by atoms with Gasteiger partial charge in [0, 0.05) is 32.2 Å². The Labute approximate surface area is 149 Å². The highest BCUT2D eigenvalue weighted by Crippen LogP contribution is 2.06. The molecule has 2 rings (SSSR count). The van der Waals surface area contributed by atoms with Crippen molar-refractivity contribution in [2.45, 2.75) is 26.9 Å². The summed E-state index contributed by atoms with van der Waals surface area (Å²) in [5.74, 6) is 0.677. The molecule has 0 aliphatic rings. The number of amides is 1. The molecule has 0 heterocycles. The van der Waals surface area contributed by atoms with Crippen molar-refractivity contribution in [2.24, 2.45) is 4.99 Å². The third kappa shape index (κ3) is 5.95. The number of hydrogen-bond donors (Lipinski definition) is 3. The number of hydrogen-bond acceptors (Lipinski definition) is 2. The van der Waals surface area contributed by atoms with Crippen molar-refractivity contribution in [1.29, 1.82) is 0 Å². The fourth-order valence-corrected chi connectivity index (χ4v) is 2.50. The summed E-state index contributed by atoms with van der Waals surface area (Å²) in [6.45, 7) is 5.92. The van der Waals surface area contributed by atoms with Gasteiger partial charge in [0.05, 0.1) is 0 Å². The molecule has 2 aromatic carbocycles. The number of benzene rings is 2. The average molecular weight is 338 g/mol. The molecule has 5 nitrogen and oxygen atoms in total. The molecule has 132 valence electrons. The fourth-order valence-electron chi connectivity index (χ4n) is 2.50. The van der Waals surface area contributed by atoms with E-state index in [-0.39, 0.29) is 5.91 Å². The molecule has 0 spiro atoms. The molecule has 5 heteroatoms. The van der Waals surface area contributed by atoms with Gasteiger partial charge in [-0.2, -0.15) is 0 Å². The van der Waals surface area contributed by atoms with Crippen LogP contribution in [-0.2, 0) is 13.1 Å². The van der Waals surface area contributed by atoms with Crippen LogP contribution in [0.4, 0.5) is 0 Å². The quantitative estimate of drug-likeness (QED) is 0.560. The summed E-state index contributed by atoms with van der Waals surface area (Å²) in [7, 11) is 1.75. The predicted octanol–water partition coefficient (Wildman–Crippen LogP) is 2.61. The topological polar surface area (TPSA) is 65.5 Å². The van der Waals surface area contributed by atoms with Gasteiger partial charge in [-0.15, -0.1) is 0 Å². The molecule has 2 aromatic rings. The van der Waals surface area contributed by atoms with Crippen molar-refractivity contribution in [1.82, 2.24) is 16.0 Å². The van der Waals surface area contributed by atoms with Crippen molar-refractivity contribution in [3.63, 3.8) is 0 Å². The molecule has 0 fully saturated rings. The average Bonchev–Trinajstić information content (AvgIpc) is 2.62. The Morgan fingerprint density at radius 2 is 1.60 bits per heavy atom. The van der Waals surface area contributed by atoms with Crippen molar-refractivity contribution in [3.05, 3.63) is 70.8 Å². The van der Waals surface area contributed by atoms with Gasteiger partial charge in [-0.1, -0.05) is 42.0 Å². The number of guanidine groups is 1. The van der Waals surface area contributed by atoms with Gasteiger partial charge in [-0.05, 0) is 37.1 Å². The molecule has 0 aromatic heterocycles. The molecule has 0 bridgehead atoms. The van der Waals surface area contributed by atoms with Gasteiger partial charge in [0.25, 0.3) is 5.91 Å². The third-order valence-electron chi connectivity index (χ3n) is 3.75. The van der Waals surface area contributed by atoms with E-state index in [9.17, 15) is 4.79 Å². The first-order valence-electron chi connectivity index (χ1n) is 8.49. The summed E-state index contributed by atoms with van der Waals surface area (Å²) in [5, 5.41) is 9.39. The zero-order valence-electron chi connectivity index (χ0n) is 15.1. The Bertz CT molecular complexity index is 740. The molecule has 0 saturated carbocycles. The maximum Gasteiger partial charge on any atom is 0.251 e. The number of rotatable bonds is 6. The lowest BCUT2D eigenvalue weighted by Gasteiger charge is -2.13. The zero-order valence-corrected chi connectivity index (χ0v) is 15.1. The SMILES string of the molecule is CCNC(=O)c1cccc(CNC(=NC)NCc2cccc(C)c2)c1. The van der Waals surface area contributed by atoms with E-state index in [0.29, 0.717) is 25.2 Å². The Morgan fingerprint density at radius 1 is 0.960 bits per heavy atom. The van der Waals surface area contributed by atoms with Crippen molar-refractivity contribution in [2.75, 3.05) is 13.6 Å². The molecule has 0 unspecified atom stereocenters. The standard InChI is InChI=1S/C20H26N4O/c1-4-22-19(25)18-10-6-9-17(12-18)14-24-20(21-3)23-13-16-8-5-7-15(2)11-16/h5-12H,4,13-14H2,1-3H3,(H,22,25)(H2,21,23,24). The second-order valence-corrected chi connectivity index (χ2v) is 5.83. The van der Waals surface area contributed by atoms with E-state index in [1.54, 1.807) is 7.05 Å². The van der Waals surface area contributed by atoms with Crippen molar-refractivity contribution < 1.29 is 4.79 Å². The van der Waals surface area contributed by atoms with Crippen LogP contribution in [0.25, 0.3) is 0 Å². The predicted molar refractivity (Wildman–Crippen MR) is 103 cm³/mol. The van der Waals surface area contributed by atoms with E-state index in [0.717, 1.165) is 11.5 Å². The van der Waals surface area contributed by atoms with E-state index in [1.165, 1.54) is 11.1 Å². The van der Waals surface area contributed by atoms with Gasteiger partial charge in [0.1, 0.15) is 0 Å². The van der Waals surface area contributed by atoms with Gasteiger partial charge >= 0.3 is 0 Å². The monoisotopic (exact) mass is 338 g/mol. The second-order valence-electron chi connectivity index (χ2n) is 5.83. The van der Waals surface area contributed by atoms with Crippen LogP contribution in [0.5, 0.6) is 0 Å². The van der Waals surface area contributed by atoms with E-state index < -0.39 is 0 Å². The molecule has 0 aliphatic heterocycles. The molecule has 3 N–H and O–H groups in total. The lowest BCUT2D eigenvalue weighted by atomic mass is 10.1. The molecule has 0 atom stereocenters. The Hall–Kier alpha value is -2.82. The smallest absolute Gasteiger partial charge is 0.251 e. The first-order valence-corrected chi connectivity index (χ1v) is 8.49. The maximum atomic E-state index is 11.9. The number of nitrogens with one attached hydrogen (secondary N) is 3. The summed E-state index contributed by atoms with van der Waals surface area (Å²) in [6.07, 6.45) is 0. The first kappa shape index (κ1) is 18.5. The minimum atomic E-state index is -0.0497. The summed E-state index contributed by atoms with van der Waals surface area (Å²) in [6, 6.07) is 16.0.